The van der Waals surface area contributed by atoms with E-state index in [4.69, 9.17) is 23.2 Å². The van der Waals surface area contributed by atoms with Gasteiger partial charge in [0.1, 0.15) is 0 Å². The molecule has 0 spiro atoms. The maximum absolute atomic E-state index is 10.7. The van der Waals surface area contributed by atoms with Gasteiger partial charge in [0.25, 0.3) is 0 Å². The molecule has 1 aromatic carbocycles. The molecule has 1 N–H and O–H groups in total. The molecule has 4 heteroatoms. The molecule has 19 heavy (non-hydrogen) atoms. The van der Waals surface area contributed by atoms with E-state index in [2.05, 4.69) is 13.0 Å². The molecule has 0 heterocycles. The maximum Gasteiger partial charge on any atom is 0.0991 e. The summed E-state index contributed by atoms with van der Waals surface area (Å²) in [6.45, 7) is 2.12. The van der Waals surface area contributed by atoms with Crippen molar-refractivity contribution in [3.8, 4) is 6.07 Å². The standard InChI is InChI=1S/C15H17Cl2NO/c1-10-3-2-6-15(8-10,9-18)14(19)12-7-11(16)4-5-13(12)17/h4-5,7,10,14,19H,2-3,6,8H2,1H3. The molecular formula is C15H17Cl2NO. The third-order valence-electron chi connectivity index (χ3n) is 4.03. The van der Waals surface area contributed by atoms with Crippen molar-refractivity contribution in [3.05, 3.63) is 33.8 Å². The van der Waals surface area contributed by atoms with E-state index >= 15 is 0 Å². The fourth-order valence-electron chi connectivity index (χ4n) is 3.02. The van der Waals surface area contributed by atoms with Gasteiger partial charge in [0.2, 0.25) is 0 Å². The summed E-state index contributed by atoms with van der Waals surface area (Å²) in [6, 6.07) is 7.35. The molecular weight excluding hydrogens is 281 g/mol. The summed E-state index contributed by atoms with van der Waals surface area (Å²) in [7, 11) is 0. The summed E-state index contributed by atoms with van der Waals surface area (Å²) in [6.07, 6.45) is 2.60. The summed E-state index contributed by atoms with van der Waals surface area (Å²) in [4.78, 5) is 0. The van der Waals surface area contributed by atoms with E-state index in [0.717, 1.165) is 12.8 Å². The first kappa shape index (κ1) is 14.7. The van der Waals surface area contributed by atoms with Gasteiger partial charge in [0, 0.05) is 15.6 Å². The molecule has 3 atom stereocenters. The summed E-state index contributed by atoms with van der Waals surface area (Å²) in [5, 5.41) is 21.2. The van der Waals surface area contributed by atoms with Crippen molar-refractivity contribution < 1.29 is 5.11 Å². The average Bonchev–Trinajstić information content (AvgIpc) is 2.40. The van der Waals surface area contributed by atoms with Crippen LogP contribution in [0.2, 0.25) is 10.0 Å². The lowest BCUT2D eigenvalue weighted by molar-refractivity contribution is 0.0220. The number of hydrogen-bond donors (Lipinski definition) is 1. The quantitative estimate of drug-likeness (QED) is 0.856. The lowest BCUT2D eigenvalue weighted by atomic mass is 9.66. The highest BCUT2D eigenvalue weighted by Gasteiger charge is 2.43. The van der Waals surface area contributed by atoms with E-state index in [1.54, 1.807) is 18.2 Å². The molecule has 102 valence electrons. The van der Waals surface area contributed by atoms with Gasteiger partial charge >= 0.3 is 0 Å². The Morgan fingerprint density at radius 2 is 2.21 bits per heavy atom. The second-order valence-electron chi connectivity index (χ2n) is 5.54. The van der Waals surface area contributed by atoms with Crippen LogP contribution in [0.5, 0.6) is 0 Å². The molecule has 1 fully saturated rings. The SMILES string of the molecule is CC1CCCC(C#N)(C(O)c2cc(Cl)ccc2Cl)C1. The molecule has 1 aliphatic carbocycles. The van der Waals surface area contributed by atoms with Gasteiger partial charge < -0.3 is 5.11 Å². The molecule has 0 bridgehead atoms. The van der Waals surface area contributed by atoms with Crippen LogP contribution in [0.25, 0.3) is 0 Å². The number of nitriles is 1. The van der Waals surface area contributed by atoms with E-state index in [1.807, 2.05) is 0 Å². The van der Waals surface area contributed by atoms with Crippen LogP contribution in [-0.4, -0.2) is 5.11 Å². The number of aliphatic hydroxyl groups excluding tert-OH is 1. The first-order chi connectivity index (χ1) is 8.98. The second kappa shape index (κ2) is 5.71. The van der Waals surface area contributed by atoms with Crippen LogP contribution in [0, 0.1) is 22.7 Å². The van der Waals surface area contributed by atoms with Crippen LogP contribution in [-0.2, 0) is 0 Å². The van der Waals surface area contributed by atoms with Crippen LogP contribution in [0.3, 0.4) is 0 Å². The second-order valence-corrected chi connectivity index (χ2v) is 6.38. The first-order valence-electron chi connectivity index (χ1n) is 6.53. The van der Waals surface area contributed by atoms with Crippen molar-refractivity contribution in [1.82, 2.24) is 0 Å². The Kier molecular flexibility index (Phi) is 4.40. The van der Waals surface area contributed by atoms with Crippen molar-refractivity contribution in [2.75, 3.05) is 0 Å². The van der Waals surface area contributed by atoms with Crippen LogP contribution >= 0.6 is 23.2 Å². The summed E-state index contributed by atoms with van der Waals surface area (Å²) < 4.78 is 0. The normalized spacial score (nSPS) is 28.7. The molecule has 0 saturated heterocycles. The Labute approximate surface area is 124 Å². The number of halogens is 2. The maximum atomic E-state index is 10.7. The zero-order valence-corrected chi connectivity index (χ0v) is 12.4. The predicted octanol–water partition coefficient (Wildman–Crippen LogP) is 4.75. The molecule has 2 rings (SSSR count). The van der Waals surface area contributed by atoms with E-state index in [1.165, 1.54) is 0 Å². The van der Waals surface area contributed by atoms with Gasteiger partial charge in [-0.15, -0.1) is 0 Å². The van der Waals surface area contributed by atoms with Gasteiger partial charge in [-0.1, -0.05) is 43.0 Å². The minimum Gasteiger partial charge on any atom is -0.387 e. The van der Waals surface area contributed by atoms with Crippen molar-refractivity contribution in [3.63, 3.8) is 0 Å². The third-order valence-corrected chi connectivity index (χ3v) is 4.61. The summed E-state index contributed by atoms with van der Waals surface area (Å²) in [5.41, 5.74) is -0.184. The first-order valence-corrected chi connectivity index (χ1v) is 7.28. The predicted molar refractivity (Wildman–Crippen MR) is 77.1 cm³/mol. The van der Waals surface area contributed by atoms with Gasteiger partial charge in [-0.05, 0) is 37.0 Å². The van der Waals surface area contributed by atoms with E-state index in [9.17, 15) is 10.4 Å². The lowest BCUT2D eigenvalue weighted by Crippen LogP contribution is -2.33. The minimum absolute atomic E-state index is 0.445. The number of aliphatic hydroxyl groups is 1. The Morgan fingerprint density at radius 3 is 2.84 bits per heavy atom. The number of nitrogens with zero attached hydrogens (tertiary/aromatic N) is 1. The van der Waals surface area contributed by atoms with Gasteiger partial charge in [-0.25, -0.2) is 0 Å². The zero-order valence-electron chi connectivity index (χ0n) is 10.9. The van der Waals surface area contributed by atoms with E-state index in [-0.39, 0.29) is 0 Å². The lowest BCUT2D eigenvalue weighted by Gasteiger charge is -2.38. The Morgan fingerprint density at radius 1 is 1.47 bits per heavy atom. The topological polar surface area (TPSA) is 44.0 Å². The number of hydrogen-bond acceptors (Lipinski definition) is 2. The summed E-state index contributed by atoms with van der Waals surface area (Å²) in [5.74, 6) is 0.445. The fourth-order valence-corrected chi connectivity index (χ4v) is 3.43. The van der Waals surface area contributed by atoms with Crippen LogP contribution in [0.4, 0.5) is 0 Å². The van der Waals surface area contributed by atoms with Crippen molar-refractivity contribution in [2.24, 2.45) is 11.3 Å². The molecule has 1 aliphatic rings. The Hall–Kier alpha value is -0.750. The summed E-state index contributed by atoms with van der Waals surface area (Å²) >= 11 is 12.1. The monoisotopic (exact) mass is 297 g/mol. The van der Waals surface area contributed by atoms with Crippen molar-refractivity contribution in [1.29, 1.82) is 5.26 Å². The highest BCUT2D eigenvalue weighted by molar-refractivity contribution is 6.33. The molecule has 1 aromatic rings. The van der Waals surface area contributed by atoms with Crippen LogP contribution < -0.4 is 0 Å². The zero-order chi connectivity index (χ0) is 14.0. The van der Waals surface area contributed by atoms with E-state index in [0.29, 0.717) is 34.4 Å². The number of benzene rings is 1. The number of rotatable bonds is 2. The van der Waals surface area contributed by atoms with Crippen LogP contribution in [0.15, 0.2) is 18.2 Å². The van der Waals surface area contributed by atoms with Crippen molar-refractivity contribution in [2.45, 2.75) is 38.7 Å². The fraction of sp³-hybridized carbons (Fsp3) is 0.533. The molecule has 0 aromatic heterocycles. The third kappa shape index (κ3) is 2.89. The Bertz CT molecular complexity index is 511. The molecule has 0 radical (unpaired) electrons. The largest absolute Gasteiger partial charge is 0.387 e. The van der Waals surface area contributed by atoms with Crippen LogP contribution in [0.1, 0.15) is 44.3 Å². The highest BCUT2D eigenvalue weighted by Crippen LogP contribution is 2.48. The molecule has 3 unspecified atom stereocenters. The smallest absolute Gasteiger partial charge is 0.0991 e. The highest BCUT2D eigenvalue weighted by atomic mass is 35.5. The average molecular weight is 298 g/mol. The van der Waals surface area contributed by atoms with Crippen molar-refractivity contribution >= 4 is 23.2 Å². The van der Waals surface area contributed by atoms with Gasteiger partial charge in [-0.3, -0.25) is 0 Å². The van der Waals surface area contributed by atoms with Gasteiger partial charge in [0.05, 0.1) is 17.6 Å². The Balaban J connectivity index is 2.38. The van der Waals surface area contributed by atoms with Gasteiger partial charge in [-0.2, -0.15) is 5.26 Å². The van der Waals surface area contributed by atoms with E-state index < -0.39 is 11.5 Å². The molecule has 2 nitrogen and oxygen atoms in total. The minimum atomic E-state index is -0.883. The molecule has 0 aliphatic heterocycles. The molecule has 0 amide bonds. The van der Waals surface area contributed by atoms with Gasteiger partial charge in [0.15, 0.2) is 0 Å². The molecule has 1 saturated carbocycles.